The molecule has 1 heterocycles. The Morgan fingerprint density at radius 2 is 1.66 bits per heavy atom. The van der Waals surface area contributed by atoms with E-state index in [2.05, 4.69) is 26.8 Å². The number of anilines is 1. The molecule has 7 nitrogen and oxygen atoms in total. The third kappa shape index (κ3) is 3.02. The van der Waals surface area contributed by atoms with Crippen molar-refractivity contribution in [3.05, 3.63) is 41.5 Å². The van der Waals surface area contributed by atoms with Gasteiger partial charge in [0.1, 0.15) is 0 Å². The number of aromatic carboxylic acids is 1. The lowest BCUT2D eigenvalue weighted by molar-refractivity contribution is -0.194. The molecule has 6 aliphatic rings. The molecular weight excluding hydrogens is 482 g/mol. The van der Waals surface area contributed by atoms with E-state index < -0.39 is 34.6 Å². The van der Waals surface area contributed by atoms with Crippen LogP contribution in [0.2, 0.25) is 0 Å². The standard InChI is InChI=1S/C31H37NO6/c1-16(2)20-15-31-13-10-21-29(3,11-5-12-30(21,4)28(37)38)22(31)14-19(20)23-24(31)26(34)32(25(23)33)18-8-6-17(7-9-18)27(35)36/h6-9,15-16,19,21-24H,5,10-14H2,1-4H3,(H,35,36)(H,37,38)/t19-,21-,22+,23+,24-,29-,30-,31-/m1/s1. The van der Waals surface area contributed by atoms with Crippen molar-refractivity contribution in [3.63, 3.8) is 0 Å². The summed E-state index contributed by atoms with van der Waals surface area (Å²) in [7, 11) is 0. The zero-order chi connectivity index (χ0) is 27.4. The highest BCUT2D eigenvalue weighted by atomic mass is 16.4. The van der Waals surface area contributed by atoms with Crippen molar-refractivity contribution in [1.82, 2.24) is 0 Å². The summed E-state index contributed by atoms with van der Waals surface area (Å²) in [6.07, 6.45) is 7.13. The van der Waals surface area contributed by atoms with Gasteiger partial charge in [-0.1, -0.05) is 38.8 Å². The molecular formula is C31H37NO6. The van der Waals surface area contributed by atoms with Gasteiger partial charge in [-0.2, -0.15) is 0 Å². The molecule has 0 unspecified atom stereocenters. The lowest BCUT2D eigenvalue weighted by Gasteiger charge is -2.68. The number of rotatable bonds is 4. The smallest absolute Gasteiger partial charge is 0.335 e. The maximum atomic E-state index is 14.3. The fraction of sp³-hybridized carbons (Fsp3) is 0.613. The Labute approximate surface area is 223 Å². The maximum absolute atomic E-state index is 14.3. The number of carboxylic acid groups (broad SMARTS) is 2. The van der Waals surface area contributed by atoms with Crippen LogP contribution in [0, 0.1) is 51.8 Å². The molecule has 7 rings (SSSR count). The molecule has 0 radical (unpaired) electrons. The van der Waals surface area contributed by atoms with Gasteiger partial charge in [-0.05, 0) is 92.4 Å². The molecule has 38 heavy (non-hydrogen) atoms. The van der Waals surface area contributed by atoms with Gasteiger partial charge in [-0.3, -0.25) is 19.3 Å². The largest absolute Gasteiger partial charge is 0.481 e. The van der Waals surface area contributed by atoms with Crippen LogP contribution >= 0.6 is 0 Å². The normalized spacial score (nSPS) is 41.4. The van der Waals surface area contributed by atoms with Crippen molar-refractivity contribution in [3.8, 4) is 0 Å². The Morgan fingerprint density at radius 1 is 0.974 bits per heavy atom. The van der Waals surface area contributed by atoms with E-state index in [-0.39, 0.29) is 46.5 Å². The zero-order valence-electron chi connectivity index (χ0n) is 22.6. The number of benzene rings is 1. The summed E-state index contributed by atoms with van der Waals surface area (Å²) >= 11 is 0. The SMILES string of the molecule is CC(C)C1=C[C@]23CC[C@@H]4[C@@](C)(CCC[C@@]4(C)C(=O)O)[C@@H]2C[C@H]1[C@@H]1C(=O)N(c2ccc(C(=O)O)cc2)C(=O)[C@@H]13. The second-order valence-electron chi connectivity index (χ2n) is 13.3. The minimum Gasteiger partial charge on any atom is -0.481 e. The van der Waals surface area contributed by atoms with Gasteiger partial charge in [-0.25, -0.2) is 4.79 Å². The first-order valence-corrected chi connectivity index (χ1v) is 14.0. The maximum Gasteiger partial charge on any atom is 0.335 e. The highest BCUT2D eigenvalue weighted by Gasteiger charge is 2.73. The highest BCUT2D eigenvalue weighted by Crippen LogP contribution is 2.74. The Hall–Kier alpha value is -2.96. The number of nitrogens with zero attached hydrogens (tertiary/aromatic N) is 1. The summed E-state index contributed by atoms with van der Waals surface area (Å²) in [5.74, 6) is -2.62. The Balaban J connectivity index is 1.46. The summed E-state index contributed by atoms with van der Waals surface area (Å²) in [5, 5.41) is 19.6. The molecule has 3 saturated carbocycles. The fourth-order valence-electron chi connectivity index (χ4n) is 9.97. The molecule has 0 aromatic heterocycles. The Bertz CT molecular complexity index is 1280. The number of hydrogen-bond donors (Lipinski definition) is 2. The summed E-state index contributed by atoms with van der Waals surface area (Å²) < 4.78 is 0. The number of allylic oxidation sites excluding steroid dienone is 2. The van der Waals surface area contributed by atoms with Crippen molar-refractivity contribution in [1.29, 1.82) is 0 Å². The number of fused-ring (bicyclic) bond motifs is 1. The second kappa shape index (κ2) is 8.03. The Morgan fingerprint density at radius 3 is 2.26 bits per heavy atom. The van der Waals surface area contributed by atoms with Crippen LogP contribution in [0.1, 0.15) is 76.6 Å². The van der Waals surface area contributed by atoms with Crippen molar-refractivity contribution >= 4 is 29.4 Å². The van der Waals surface area contributed by atoms with Crippen molar-refractivity contribution in [2.24, 2.45) is 51.8 Å². The topological polar surface area (TPSA) is 112 Å². The van der Waals surface area contributed by atoms with E-state index in [0.29, 0.717) is 12.1 Å². The second-order valence-corrected chi connectivity index (χ2v) is 13.3. The van der Waals surface area contributed by atoms with Gasteiger partial charge in [0.25, 0.3) is 0 Å². The van der Waals surface area contributed by atoms with Crippen LogP contribution in [-0.4, -0.2) is 34.0 Å². The average molecular weight is 520 g/mol. The Kier molecular flexibility index (Phi) is 5.35. The summed E-state index contributed by atoms with van der Waals surface area (Å²) in [4.78, 5) is 53.5. The zero-order valence-corrected chi connectivity index (χ0v) is 22.6. The molecule has 1 spiro atoms. The molecule has 5 aliphatic carbocycles. The number of carbonyl (C=O) groups is 4. The number of imide groups is 1. The predicted octanol–water partition coefficient (Wildman–Crippen LogP) is 5.40. The van der Waals surface area contributed by atoms with Crippen LogP contribution in [0.15, 0.2) is 35.9 Å². The third-order valence-corrected chi connectivity index (χ3v) is 11.5. The molecule has 8 atom stereocenters. The van der Waals surface area contributed by atoms with Gasteiger partial charge in [0, 0.05) is 5.41 Å². The van der Waals surface area contributed by atoms with Crippen LogP contribution in [0.4, 0.5) is 5.69 Å². The third-order valence-electron chi connectivity index (χ3n) is 11.5. The van der Waals surface area contributed by atoms with E-state index >= 15 is 0 Å². The van der Waals surface area contributed by atoms with E-state index in [1.54, 1.807) is 12.1 Å². The van der Waals surface area contributed by atoms with Gasteiger partial charge in [0.2, 0.25) is 11.8 Å². The molecule has 1 aromatic carbocycles. The highest BCUT2D eigenvalue weighted by molar-refractivity contribution is 6.23. The van der Waals surface area contributed by atoms with Crippen molar-refractivity contribution in [2.75, 3.05) is 4.90 Å². The molecule has 4 fully saturated rings. The van der Waals surface area contributed by atoms with Crippen LogP contribution in [0.3, 0.4) is 0 Å². The average Bonchev–Trinajstić information content (AvgIpc) is 3.15. The monoisotopic (exact) mass is 519 g/mol. The predicted molar refractivity (Wildman–Crippen MR) is 140 cm³/mol. The number of carbonyl (C=O) groups excluding carboxylic acids is 2. The summed E-state index contributed by atoms with van der Waals surface area (Å²) in [5.41, 5.74) is 0.343. The van der Waals surface area contributed by atoms with Gasteiger partial charge < -0.3 is 10.2 Å². The molecule has 7 heteroatoms. The molecule has 2 amide bonds. The van der Waals surface area contributed by atoms with Gasteiger partial charge >= 0.3 is 11.9 Å². The van der Waals surface area contributed by atoms with E-state index in [1.165, 1.54) is 22.6 Å². The lowest BCUT2D eigenvalue weighted by Crippen LogP contribution is -2.65. The van der Waals surface area contributed by atoms with Crippen LogP contribution < -0.4 is 4.90 Å². The van der Waals surface area contributed by atoms with E-state index in [0.717, 1.165) is 32.1 Å². The summed E-state index contributed by atoms with van der Waals surface area (Å²) in [6, 6.07) is 5.99. The van der Waals surface area contributed by atoms with E-state index in [9.17, 15) is 29.4 Å². The number of amides is 2. The fourth-order valence-corrected chi connectivity index (χ4v) is 9.97. The van der Waals surface area contributed by atoms with Crippen molar-refractivity contribution in [2.45, 2.75) is 66.2 Å². The molecule has 202 valence electrons. The van der Waals surface area contributed by atoms with Gasteiger partial charge in [-0.15, -0.1) is 0 Å². The lowest BCUT2D eigenvalue weighted by atomic mass is 9.34. The number of hydrogen-bond acceptors (Lipinski definition) is 4. The number of carboxylic acids is 2. The first kappa shape index (κ1) is 25.3. The number of aliphatic carboxylic acids is 1. The van der Waals surface area contributed by atoms with Crippen LogP contribution in [0.25, 0.3) is 0 Å². The first-order valence-electron chi connectivity index (χ1n) is 14.0. The van der Waals surface area contributed by atoms with Crippen LogP contribution in [0.5, 0.6) is 0 Å². The van der Waals surface area contributed by atoms with E-state index in [1.807, 2.05) is 6.92 Å². The quantitative estimate of drug-likeness (QED) is 0.407. The van der Waals surface area contributed by atoms with Gasteiger partial charge in [0.05, 0.1) is 28.5 Å². The molecule has 1 aliphatic heterocycles. The molecule has 1 aromatic rings. The minimum absolute atomic E-state index is 0.0393. The van der Waals surface area contributed by atoms with Gasteiger partial charge in [0.15, 0.2) is 0 Å². The summed E-state index contributed by atoms with van der Waals surface area (Å²) in [6.45, 7) is 8.51. The molecule has 1 saturated heterocycles. The minimum atomic E-state index is -1.05. The molecule has 2 N–H and O–H groups in total. The van der Waals surface area contributed by atoms with E-state index in [4.69, 9.17) is 0 Å². The molecule has 2 bridgehead atoms. The van der Waals surface area contributed by atoms with Crippen LogP contribution in [-0.2, 0) is 14.4 Å². The van der Waals surface area contributed by atoms with Crippen molar-refractivity contribution < 1.29 is 29.4 Å². The first-order chi connectivity index (χ1) is 17.9.